The largest absolute Gasteiger partial charge is 0.464 e. The third-order valence-corrected chi connectivity index (χ3v) is 1.75. The molecular formula is C7H7FN4OS. The van der Waals surface area contributed by atoms with Crippen LogP contribution in [0.2, 0.25) is 0 Å². The molecule has 0 saturated carbocycles. The number of hydrogen-bond acceptors (Lipinski definition) is 4. The van der Waals surface area contributed by atoms with E-state index in [0.717, 1.165) is 0 Å². The summed E-state index contributed by atoms with van der Waals surface area (Å²) in [5.41, 5.74) is 0.353. The Hall–Kier alpha value is -1.50. The second-order valence-corrected chi connectivity index (χ2v) is 2.90. The number of aromatic amines is 1. The molecule has 0 fully saturated rings. The highest BCUT2D eigenvalue weighted by molar-refractivity contribution is 7.71. The molecule has 2 aromatic rings. The Balaban J connectivity index is 2.72. The van der Waals surface area contributed by atoms with Gasteiger partial charge in [-0.05, 0) is 19.1 Å². The molecule has 2 rings (SSSR count). The number of rotatable bonds is 2. The van der Waals surface area contributed by atoms with Gasteiger partial charge in [0.25, 0.3) is 0 Å². The smallest absolute Gasteiger partial charge is 0.320 e. The van der Waals surface area contributed by atoms with E-state index in [0.29, 0.717) is 12.3 Å². The van der Waals surface area contributed by atoms with Crippen LogP contribution in [-0.4, -0.2) is 26.2 Å². The van der Waals surface area contributed by atoms with E-state index < -0.39 is 5.95 Å². The number of H-pyrrole nitrogens is 1. The van der Waals surface area contributed by atoms with Crippen LogP contribution < -0.4 is 4.74 Å². The molecule has 5 nitrogen and oxygen atoms in total. The van der Waals surface area contributed by atoms with Crippen molar-refractivity contribution in [1.29, 1.82) is 0 Å². The van der Waals surface area contributed by atoms with Gasteiger partial charge in [-0.1, -0.05) is 0 Å². The molecule has 0 amide bonds. The van der Waals surface area contributed by atoms with Gasteiger partial charge in [-0.3, -0.25) is 5.10 Å². The number of aromatic nitrogens is 4. The first-order valence-electron chi connectivity index (χ1n) is 3.99. The Labute approximate surface area is 83.5 Å². The van der Waals surface area contributed by atoms with Gasteiger partial charge < -0.3 is 4.74 Å². The van der Waals surface area contributed by atoms with E-state index in [4.69, 9.17) is 17.0 Å². The molecule has 74 valence electrons. The van der Waals surface area contributed by atoms with Gasteiger partial charge in [0.1, 0.15) is 0 Å². The SMILES string of the molecule is CCOc1nc(F)cc2nc(=S)[nH]n12. The summed E-state index contributed by atoms with van der Waals surface area (Å²) in [7, 11) is 0. The number of halogens is 1. The summed E-state index contributed by atoms with van der Waals surface area (Å²) in [4.78, 5) is 7.44. The molecule has 2 heterocycles. The van der Waals surface area contributed by atoms with Gasteiger partial charge >= 0.3 is 6.01 Å². The van der Waals surface area contributed by atoms with Crippen LogP contribution >= 0.6 is 12.2 Å². The summed E-state index contributed by atoms with van der Waals surface area (Å²) in [5, 5.41) is 2.71. The lowest BCUT2D eigenvalue weighted by Crippen LogP contribution is -2.04. The van der Waals surface area contributed by atoms with E-state index in [-0.39, 0.29) is 10.8 Å². The number of fused-ring (bicyclic) bond motifs is 1. The average Bonchev–Trinajstić information content (AvgIpc) is 2.45. The Morgan fingerprint density at radius 3 is 3.14 bits per heavy atom. The van der Waals surface area contributed by atoms with Crippen LogP contribution in [0.4, 0.5) is 4.39 Å². The molecule has 14 heavy (non-hydrogen) atoms. The molecule has 0 radical (unpaired) electrons. The molecule has 0 aliphatic rings. The Bertz CT molecular complexity index is 520. The predicted octanol–water partition coefficient (Wildman–Crippen LogP) is 1.32. The number of nitrogens with zero attached hydrogens (tertiary/aromatic N) is 3. The topological polar surface area (TPSA) is 55.2 Å². The van der Waals surface area contributed by atoms with Crippen LogP contribution in [0.25, 0.3) is 5.65 Å². The summed E-state index contributed by atoms with van der Waals surface area (Å²) in [6.45, 7) is 2.17. The van der Waals surface area contributed by atoms with Crippen molar-refractivity contribution in [3.8, 4) is 6.01 Å². The van der Waals surface area contributed by atoms with E-state index in [1.54, 1.807) is 6.92 Å². The lowest BCUT2D eigenvalue weighted by Gasteiger charge is -2.03. The van der Waals surface area contributed by atoms with Crippen molar-refractivity contribution in [2.75, 3.05) is 6.61 Å². The van der Waals surface area contributed by atoms with Gasteiger partial charge in [-0.2, -0.15) is 18.9 Å². The molecule has 0 bridgehead atoms. The van der Waals surface area contributed by atoms with Crippen molar-refractivity contribution in [3.63, 3.8) is 0 Å². The van der Waals surface area contributed by atoms with Gasteiger partial charge in [0.05, 0.1) is 6.61 Å². The van der Waals surface area contributed by atoms with Gasteiger partial charge in [0.2, 0.25) is 10.7 Å². The molecule has 7 heteroatoms. The molecule has 1 N–H and O–H groups in total. The average molecular weight is 214 g/mol. The first kappa shape index (κ1) is 9.07. The predicted molar refractivity (Wildman–Crippen MR) is 49.3 cm³/mol. The molecule has 0 unspecified atom stereocenters. The van der Waals surface area contributed by atoms with Crippen LogP contribution in [0.5, 0.6) is 6.01 Å². The fourth-order valence-electron chi connectivity index (χ4n) is 1.08. The van der Waals surface area contributed by atoms with E-state index in [2.05, 4.69) is 15.1 Å². The fourth-order valence-corrected chi connectivity index (χ4v) is 1.27. The number of nitrogens with one attached hydrogen (secondary N) is 1. The van der Waals surface area contributed by atoms with Crippen LogP contribution in [-0.2, 0) is 0 Å². The summed E-state index contributed by atoms with van der Waals surface area (Å²) < 4.78 is 19.7. The van der Waals surface area contributed by atoms with Crippen LogP contribution in [0.1, 0.15) is 6.92 Å². The van der Waals surface area contributed by atoms with Crippen LogP contribution in [0, 0.1) is 10.7 Å². The third-order valence-electron chi connectivity index (χ3n) is 1.57. The lowest BCUT2D eigenvalue weighted by molar-refractivity contribution is 0.297. The zero-order valence-corrected chi connectivity index (χ0v) is 8.14. The van der Waals surface area contributed by atoms with Crippen molar-refractivity contribution >= 4 is 17.9 Å². The van der Waals surface area contributed by atoms with Crippen molar-refractivity contribution in [1.82, 2.24) is 19.6 Å². The molecule has 0 aromatic carbocycles. The minimum Gasteiger partial charge on any atom is -0.464 e. The molecule has 2 aromatic heterocycles. The zero-order chi connectivity index (χ0) is 10.1. The fraction of sp³-hybridized carbons (Fsp3) is 0.286. The highest BCUT2D eigenvalue weighted by atomic mass is 32.1. The Morgan fingerprint density at radius 1 is 1.64 bits per heavy atom. The second kappa shape index (κ2) is 3.33. The zero-order valence-electron chi connectivity index (χ0n) is 7.32. The highest BCUT2D eigenvalue weighted by Gasteiger charge is 2.07. The number of ether oxygens (including phenoxy) is 1. The molecular weight excluding hydrogens is 207 g/mol. The third kappa shape index (κ3) is 1.46. The maximum absolute atomic E-state index is 12.9. The van der Waals surface area contributed by atoms with Gasteiger partial charge in [0.15, 0.2) is 5.65 Å². The Kier molecular flexibility index (Phi) is 2.16. The summed E-state index contributed by atoms with van der Waals surface area (Å²) in [5.74, 6) is -0.644. The molecule has 0 spiro atoms. The minimum absolute atomic E-state index is 0.117. The maximum atomic E-state index is 12.9. The van der Waals surface area contributed by atoms with Crippen LogP contribution in [0.15, 0.2) is 6.07 Å². The first-order chi connectivity index (χ1) is 6.70. The van der Waals surface area contributed by atoms with Crippen molar-refractivity contribution < 1.29 is 9.13 Å². The van der Waals surface area contributed by atoms with Gasteiger partial charge in [-0.25, -0.2) is 0 Å². The molecule has 0 aliphatic carbocycles. The van der Waals surface area contributed by atoms with Gasteiger partial charge in [0, 0.05) is 6.07 Å². The molecule has 0 aliphatic heterocycles. The van der Waals surface area contributed by atoms with Crippen molar-refractivity contribution in [2.45, 2.75) is 6.92 Å². The summed E-state index contributed by atoms with van der Waals surface area (Å²) in [6.07, 6.45) is 0. The quantitative estimate of drug-likeness (QED) is 0.605. The minimum atomic E-state index is -0.644. The van der Waals surface area contributed by atoms with Crippen LogP contribution in [0.3, 0.4) is 0 Å². The first-order valence-corrected chi connectivity index (χ1v) is 4.39. The molecule has 0 atom stereocenters. The monoisotopic (exact) mass is 214 g/mol. The second-order valence-electron chi connectivity index (χ2n) is 2.52. The standard InChI is InChI=1S/C7H7FN4OS/c1-2-13-7-9-4(8)3-5-10-6(14)11-12(5)7/h3H,2H2,1H3,(H,11,14). The van der Waals surface area contributed by atoms with E-state index in [1.807, 2.05) is 0 Å². The van der Waals surface area contributed by atoms with Gasteiger partial charge in [-0.15, -0.1) is 0 Å². The maximum Gasteiger partial charge on any atom is 0.320 e. The summed E-state index contributed by atoms with van der Waals surface area (Å²) in [6, 6.07) is 1.29. The number of hydrogen-bond donors (Lipinski definition) is 1. The van der Waals surface area contributed by atoms with E-state index >= 15 is 0 Å². The highest BCUT2D eigenvalue weighted by Crippen LogP contribution is 2.10. The Morgan fingerprint density at radius 2 is 2.43 bits per heavy atom. The molecule has 0 saturated heterocycles. The normalized spacial score (nSPS) is 10.7. The lowest BCUT2D eigenvalue weighted by atomic mass is 10.6. The van der Waals surface area contributed by atoms with Crippen molar-refractivity contribution in [3.05, 3.63) is 16.8 Å². The van der Waals surface area contributed by atoms with E-state index in [9.17, 15) is 4.39 Å². The van der Waals surface area contributed by atoms with E-state index in [1.165, 1.54) is 10.6 Å². The van der Waals surface area contributed by atoms with Crippen molar-refractivity contribution in [2.24, 2.45) is 0 Å². The summed E-state index contributed by atoms with van der Waals surface area (Å²) >= 11 is 4.81.